The van der Waals surface area contributed by atoms with Crippen molar-refractivity contribution in [3.8, 4) is 17.6 Å². The minimum atomic E-state index is -0.560. The van der Waals surface area contributed by atoms with Gasteiger partial charge in [-0.1, -0.05) is 0 Å². The fourth-order valence-electron chi connectivity index (χ4n) is 2.35. The molecule has 1 heterocycles. The fraction of sp³-hybridized carbons (Fsp3) is 0.353. The first-order chi connectivity index (χ1) is 12.0. The van der Waals surface area contributed by atoms with Gasteiger partial charge in [-0.25, -0.2) is 0 Å². The maximum atomic E-state index is 12.2. The first kappa shape index (κ1) is 18.3. The normalized spacial score (nSPS) is 13.5. The molecule has 0 fully saturated rings. The van der Waals surface area contributed by atoms with Crippen LogP contribution in [0.2, 0.25) is 0 Å². The van der Waals surface area contributed by atoms with Crippen LogP contribution in [0.3, 0.4) is 0 Å². The van der Waals surface area contributed by atoms with Crippen molar-refractivity contribution in [1.29, 1.82) is 5.26 Å². The topological polar surface area (TPSA) is 112 Å². The summed E-state index contributed by atoms with van der Waals surface area (Å²) in [5.41, 5.74) is 0.600. The highest BCUT2D eigenvalue weighted by atomic mass is 16.5. The summed E-state index contributed by atoms with van der Waals surface area (Å²) in [4.78, 5) is 24.9. The lowest BCUT2D eigenvalue weighted by Gasteiger charge is -2.16. The molecule has 0 spiro atoms. The summed E-state index contributed by atoms with van der Waals surface area (Å²) in [6, 6.07) is 5.10. The Morgan fingerprint density at radius 2 is 1.84 bits per heavy atom. The van der Waals surface area contributed by atoms with Gasteiger partial charge in [0, 0.05) is 18.2 Å². The Morgan fingerprint density at radius 1 is 1.20 bits per heavy atom. The van der Waals surface area contributed by atoms with E-state index >= 15 is 0 Å². The lowest BCUT2D eigenvalue weighted by atomic mass is 10.1. The van der Waals surface area contributed by atoms with Gasteiger partial charge in [-0.2, -0.15) is 5.26 Å². The van der Waals surface area contributed by atoms with E-state index in [2.05, 4.69) is 5.32 Å². The van der Waals surface area contributed by atoms with Gasteiger partial charge in [0.2, 0.25) is 0 Å². The van der Waals surface area contributed by atoms with Crippen LogP contribution in [0.25, 0.3) is 0 Å². The Hall–Kier alpha value is -3.05. The zero-order valence-corrected chi connectivity index (χ0v) is 14.0. The van der Waals surface area contributed by atoms with E-state index in [4.69, 9.17) is 14.6 Å². The Kier molecular flexibility index (Phi) is 5.98. The average molecular weight is 345 g/mol. The summed E-state index contributed by atoms with van der Waals surface area (Å²) >= 11 is 0. The smallest absolute Gasteiger partial charge is 0.277 e. The molecule has 0 aliphatic carbocycles. The predicted molar refractivity (Wildman–Crippen MR) is 89.0 cm³/mol. The molecule has 0 radical (unpaired) electrons. The number of carbonyl (C=O) groups is 2. The number of anilines is 1. The molecule has 0 bridgehead atoms. The highest BCUT2D eigenvalue weighted by Crippen LogP contribution is 2.34. The highest BCUT2D eigenvalue weighted by molar-refractivity contribution is 6.17. The minimum absolute atomic E-state index is 0.0292. The lowest BCUT2D eigenvalue weighted by Crippen LogP contribution is -2.34. The fourth-order valence-corrected chi connectivity index (χ4v) is 2.35. The second-order valence-electron chi connectivity index (χ2n) is 5.02. The molecule has 8 heteroatoms. The van der Waals surface area contributed by atoms with Crippen molar-refractivity contribution >= 4 is 17.5 Å². The van der Waals surface area contributed by atoms with Gasteiger partial charge < -0.3 is 19.9 Å². The van der Waals surface area contributed by atoms with Crippen LogP contribution in [0.15, 0.2) is 23.9 Å². The molecule has 2 N–H and O–H groups in total. The van der Waals surface area contributed by atoms with Crippen molar-refractivity contribution in [2.24, 2.45) is 0 Å². The first-order valence-corrected chi connectivity index (χ1v) is 7.84. The minimum Gasteiger partial charge on any atom is -0.490 e. The number of nitriles is 1. The predicted octanol–water partition coefficient (Wildman–Crippen LogP) is 1.01. The standard InChI is InChI=1S/C17H19N3O5/c1-3-24-14-7-11(10-18)12(8-15(14)25-4-2)19-13-9-16(22)20(5-6-21)17(13)23/h7-9,19,21H,3-6H2,1-2H3. The molecular weight excluding hydrogens is 326 g/mol. The summed E-state index contributed by atoms with van der Waals surface area (Å²) in [5.74, 6) is -0.225. The SMILES string of the molecule is CCOc1cc(C#N)c(NC2=CC(=O)N(CCO)C2=O)cc1OCC. The van der Waals surface area contributed by atoms with Crippen LogP contribution in [0, 0.1) is 11.3 Å². The average Bonchev–Trinajstić information content (AvgIpc) is 2.85. The summed E-state index contributed by atoms with van der Waals surface area (Å²) in [6.45, 7) is 4.03. The van der Waals surface area contributed by atoms with Gasteiger partial charge in [-0.3, -0.25) is 14.5 Å². The van der Waals surface area contributed by atoms with E-state index in [9.17, 15) is 14.9 Å². The third-order valence-corrected chi connectivity index (χ3v) is 3.41. The largest absolute Gasteiger partial charge is 0.490 e. The van der Waals surface area contributed by atoms with Crippen molar-refractivity contribution in [1.82, 2.24) is 4.90 Å². The second-order valence-corrected chi connectivity index (χ2v) is 5.02. The Labute approximate surface area is 145 Å². The number of benzene rings is 1. The number of nitrogens with one attached hydrogen (secondary N) is 1. The zero-order chi connectivity index (χ0) is 18.4. The first-order valence-electron chi connectivity index (χ1n) is 7.84. The molecule has 2 amide bonds. The molecule has 0 atom stereocenters. The van der Waals surface area contributed by atoms with Crippen LogP contribution in [0.1, 0.15) is 19.4 Å². The number of hydrogen-bond acceptors (Lipinski definition) is 7. The molecule has 1 aliphatic heterocycles. The Balaban J connectivity index is 2.34. The van der Waals surface area contributed by atoms with Gasteiger partial charge in [-0.05, 0) is 13.8 Å². The number of nitrogens with zero attached hydrogens (tertiary/aromatic N) is 2. The van der Waals surface area contributed by atoms with Crippen LogP contribution in [-0.2, 0) is 9.59 Å². The van der Waals surface area contributed by atoms with Crippen molar-refractivity contribution < 1.29 is 24.2 Å². The molecule has 8 nitrogen and oxygen atoms in total. The summed E-state index contributed by atoms with van der Waals surface area (Å²) in [6.07, 6.45) is 1.13. The summed E-state index contributed by atoms with van der Waals surface area (Å²) in [5, 5.41) is 21.1. The van der Waals surface area contributed by atoms with Gasteiger partial charge in [0.15, 0.2) is 11.5 Å². The third-order valence-electron chi connectivity index (χ3n) is 3.41. The van der Waals surface area contributed by atoms with Gasteiger partial charge in [0.05, 0.1) is 37.6 Å². The van der Waals surface area contributed by atoms with Crippen LogP contribution >= 0.6 is 0 Å². The van der Waals surface area contributed by atoms with E-state index in [1.165, 1.54) is 6.07 Å². The van der Waals surface area contributed by atoms with Gasteiger partial charge >= 0.3 is 0 Å². The quantitative estimate of drug-likeness (QED) is 0.676. The van der Waals surface area contributed by atoms with E-state index < -0.39 is 11.8 Å². The maximum absolute atomic E-state index is 12.2. The van der Waals surface area contributed by atoms with Crippen molar-refractivity contribution in [3.05, 3.63) is 29.5 Å². The van der Waals surface area contributed by atoms with Crippen molar-refractivity contribution in [3.63, 3.8) is 0 Å². The molecule has 0 saturated carbocycles. The van der Waals surface area contributed by atoms with Gasteiger partial charge in [0.25, 0.3) is 11.8 Å². The molecule has 25 heavy (non-hydrogen) atoms. The van der Waals surface area contributed by atoms with Crippen LogP contribution in [0.5, 0.6) is 11.5 Å². The molecule has 1 aromatic rings. The molecule has 132 valence electrons. The number of amides is 2. The zero-order valence-electron chi connectivity index (χ0n) is 14.0. The maximum Gasteiger partial charge on any atom is 0.277 e. The number of rotatable bonds is 8. The molecule has 0 saturated heterocycles. The number of ether oxygens (including phenoxy) is 2. The van der Waals surface area contributed by atoms with E-state index in [0.29, 0.717) is 30.4 Å². The highest BCUT2D eigenvalue weighted by Gasteiger charge is 2.31. The molecule has 0 unspecified atom stereocenters. The van der Waals surface area contributed by atoms with Crippen LogP contribution in [-0.4, -0.2) is 48.2 Å². The number of hydrogen-bond donors (Lipinski definition) is 2. The third kappa shape index (κ3) is 3.89. The number of aliphatic hydroxyl groups is 1. The number of imide groups is 1. The van der Waals surface area contributed by atoms with Gasteiger partial charge in [-0.15, -0.1) is 0 Å². The summed E-state index contributed by atoms with van der Waals surface area (Å²) < 4.78 is 11.0. The van der Waals surface area contributed by atoms with E-state index in [1.807, 2.05) is 19.9 Å². The molecular formula is C17H19N3O5. The van der Waals surface area contributed by atoms with Crippen molar-refractivity contribution in [2.75, 3.05) is 31.7 Å². The summed E-state index contributed by atoms with van der Waals surface area (Å²) in [7, 11) is 0. The van der Waals surface area contributed by atoms with E-state index in [0.717, 1.165) is 11.0 Å². The molecule has 1 aliphatic rings. The van der Waals surface area contributed by atoms with Gasteiger partial charge in [0.1, 0.15) is 11.8 Å². The van der Waals surface area contributed by atoms with E-state index in [-0.39, 0.29) is 24.4 Å². The van der Waals surface area contributed by atoms with E-state index in [1.54, 1.807) is 6.07 Å². The number of aliphatic hydroxyl groups excluding tert-OH is 1. The molecule has 2 rings (SSSR count). The Morgan fingerprint density at radius 3 is 2.40 bits per heavy atom. The number of β-amino-alcohol motifs (C(OH)–C–C–N with tert-alkyl or cyclic N) is 1. The Bertz CT molecular complexity index is 751. The number of carbonyl (C=O) groups excluding carboxylic acids is 2. The van der Waals surface area contributed by atoms with Crippen LogP contribution < -0.4 is 14.8 Å². The second kappa shape index (κ2) is 8.17. The van der Waals surface area contributed by atoms with Crippen LogP contribution in [0.4, 0.5) is 5.69 Å². The molecule has 0 aromatic heterocycles. The monoisotopic (exact) mass is 345 g/mol. The lowest BCUT2D eigenvalue weighted by molar-refractivity contribution is -0.137. The van der Waals surface area contributed by atoms with Crippen molar-refractivity contribution in [2.45, 2.75) is 13.8 Å². The molecule has 1 aromatic carbocycles.